The Kier molecular flexibility index (Phi) is 2.70. The van der Waals surface area contributed by atoms with Gasteiger partial charge in [0.25, 0.3) is 0 Å². The molecule has 1 rings (SSSR count). The van der Waals surface area contributed by atoms with Crippen molar-refractivity contribution in [1.82, 2.24) is 0 Å². The Morgan fingerprint density at radius 1 is 1.18 bits per heavy atom. The van der Waals surface area contributed by atoms with Crippen molar-refractivity contribution in [1.29, 1.82) is 0 Å². The highest BCUT2D eigenvalue weighted by Crippen LogP contribution is 2.18. The Labute approximate surface area is 69.3 Å². The standard InChI is InChI=1S/C11H16/c1-4-10(3)11-7-5-9(2)6-8-11/h5-8,10H,4H2,1-3H3. The summed E-state index contributed by atoms with van der Waals surface area (Å²) in [5.41, 5.74) is 2.80. The summed E-state index contributed by atoms with van der Waals surface area (Å²) < 4.78 is 0. The first kappa shape index (κ1) is 8.32. The molecule has 0 heteroatoms. The summed E-state index contributed by atoms with van der Waals surface area (Å²) in [7, 11) is 0. The van der Waals surface area contributed by atoms with E-state index in [0.717, 1.165) is 0 Å². The second kappa shape index (κ2) is 3.56. The van der Waals surface area contributed by atoms with Gasteiger partial charge in [0, 0.05) is 0 Å². The first-order valence-electron chi connectivity index (χ1n) is 4.30. The molecule has 11 heavy (non-hydrogen) atoms. The molecule has 0 bridgehead atoms. The molecule has 60 valence electrons. The first-order chi connectivity index (χ1) is 5.24. The Balaban J connectivity index is 2.81. The molecule has 0 aromatic heterocycles. The minimum atomic E-state index is 0.704. The van der Waals surface area contributed by atoms with Crippen LogP contribution in [0.5, 0.6) is 0 Å². The fraction of sp³-hybridized carbons (Fsp3) is 0.455. The molecule has 0 saturated heterocycles. The predicted octanol–water partition coefficient (Wildman–Crippen LogP) is 3.51. The molecular formula is C11H16. The van der Waals surface area contributed by atoms with Crippen LogP contribution in [0.2, 0.25) is 0 Å². The second-order valence-electron chi connectivity index (χ2n) is 3.22. The fourth-order valence-corrected chi connectivity index (χ4v) is 1.13. The highest BCUT2D eigenvalue weighted by atomic mass is 14.0. The summed E-state index contributed by atoms with van der Waals surface area (Å²) in [5.74, 6) is 0.704. The third kappa shape index (κ3) is 2.07. The summed E-state index contributed by atoms with van der Waals surface area (Å²) >= 11 is 0. The van der Waals surface area contributed by atoms with Gasteiger partial charge in [0.15, 0.2) is 0 Å². The Morgan fingerprint density at radius 3 is 2.18 bits per heavy atom. The maximum absolute atomic E-state index is 2.27. The van der Waals surface area contributed by atoms with Gasteiger partial charge in [-0.2, -0.15) is 0 Å². The zero-order valence-electron chi connectivity index (χ0n) is 7.59. The summed E-state index contributed by atoms with van der Waals surface area (Å²) in [6.07, 6.45) is 1.23. The highest BCUT2D eigenvalue weighted by molar-refractivity contribution is 5.23. The monoisotopic (exact) mass is 148 g/mol. The van der Waals surface area contributed by atoms with Gasteiger partial charge < -0.3 is 0 Å². The maximum atomic E-state index is 2.27. The average molecular weight is 148 g/mol. The van der Waals surface area contributed by atoms with Crippen LogP contribution in [0.1, 0.15) is 37.3 Å². The normalized spacial score (nSPS) is 13.0. The largest absolute Gasteiger partial charge is 0.0648 e. The van der Waals surface area contributed by atoms with Crippen molar-refractivity contribution in [2.24, 2.45) is 0 Å². The first-order valence-corrected chi connectivity index (χ1v) is 4.30. The predicted molar refractivity (Wildman–Crippen MR) is 49.9 cm³/mol. The van der Waals surface area contributed by atoms with Crippen LogP contribution >= 0.6 is 0 Å². The molecule has 0 heterocycles. The Bertz CT molecular complexity index is 208. The third-order valence-corrected chi connectivity index (χ3v) is 2.26. The van der Waals surface area contributed by atoms with Crippen LogP contribution in [-0.2, 0) is 0 Å². The smallest absolute Gasteiger partial charge is 0.0193 e. The third-order valence-electron chi connectivity index (χ3n) is 2.26. The van der Waals surface area contributed by atoms with Gasteiger partial charge in [-0.05, 0) is 24.8 Å². The van der Waals surface area contributed by atoms with E-state index >= 15 is 0 Å². The van der Waals surface area contributed by atoms with Gasteiger partial charge in [-0.1, -0.05) is 43.7 Å². The van der Waals surface area contributed by atoms with Crippen LogP contribution in [0.25, 0.3) is 0 Å². The summed E-state index contributed by atoms with van der Waals surface area (Å²) in [6.45, 7) is 6.62. The number of hydrogen-bond donors (Lipinski definition) is 0. The van der Waals surface area contributed by atoms with Crippen LogP contribution < -0.4 is 0 Å². The van der Waals surface area contributed by atoms with E-state index in [2.05, 4.69) is 45.0 Å². The van der Waals surface area contributed by atoms with E-state index in [1.807, 2.05) is 0 Å². The van der Waals surface area contributed by atoms with E-state index in [9.17, 15) is 0 Å². The maximum Gasteiger partial charge on any atom is -0.0193 e. The fourth-order valence-electron chi connectivity index (χ4n) is 1.13. The molecule has 1 aromatic rings. The number of rotatable bonds is 2. The van der Waals surface area contributed by atoms with Gasteiger partial charge in [0.05, 0.1) is 0 Å². The zero-order valence-corrected chi connectivity index (χ0v) is 7.59. The summed E-state index contributed by atoms with van der Waals surface area (Å²) in [6, 6.07) is 8.82. The molecule has 0 N–H and O–H groups in total. The summed E-state index contributed by atoms with van der Waals surface area (Å²) in [4.78, 5) is 0. The van der Waals surface area contributed by atoms with Crippen LogP contribution in [0.4, 0.5) is 0 Å². The highest BCUT2D eigenvalue weighted by Gasteiger charge is 2.00. The van der Waals surface area contributed by atoms with Crippen molar-refractivity contribution in [2.45, 2.75) is 33.1 Å². The minimum Gasteiger partial charge on any atom is -0.0648 e. The van der Waals surface area contributed by atoms with Crippen molar-refractivity contribution < 1.29 is 0 Å². The van der Waals surface area contributed by atoms with Crippen LogP contribution in [0.3, 0.4) is 0 Å². The molecule has 0 fully saturated rings. The lowest BCUT2D eigenvalue weighted by atomic mass is 9.98. The molecule has 0 saturated carbocycles. The van der Waals surface area contributed by atoms with Gasteiger partial charge in [0.1, 0.15) is 0 Å². The lowest BCUT2D eigenvalue weighted by Gasteiger charge is -2.07. The van der Waals surface area contributed by atoms with E-state index in [4.69, 9.17) is 0 Å². The number of benzene rings is 1. The van der Waals surface area contributed by atoms with E-state index in [0.29, 0.717) is 5.92 Å². The van der Waals surface area contributed by atoms with E-state index in [-0.39, 0.29) is 0 Å². The van der Waals surface area contributed by atoms with Crippen molar-refractivity contribution in [3.05, 3.63) is 35.4 Å². The van der Waals surface area contributed by atoms with E-state index < -0.39 is 0 Å². The molecule has 0 nitrogen and oxygen atoms in total. The summed E-state index contributed by atoms with van der Waals surface area (Å²) in [5, 5.41) is 0. The SMILES string of the molecule is CCC(C)c1ccc(C)cc1. The molecule has 1 atom stereocenters. The molecule has 1 unspecified atom stereocenters. The van der Waals surface area contributed by atoms with Crippen molar-refractivity contribution in [3.8, 4) is 0 Å². The average Bonchev–Trinajstić information content (AvgIpc) is 2.05. The molecule has 0 radical (unpaired) electrons. The lowest BCUT2D eigenvalue weighted by Crippen LogP contribution is -1.89. The van der Waals surface area contributed by atoms with E-state index in [1.165, 1.54) is 17.5 Å². The van der Waals surface area contributed by atoms with E-state index in [1.54, 1.807) is 0 Å². The van der Waals surface area contributed by atoms with Crippen molar-refractivity contribution in [3.63, 3.8) is 0 Å². The van der Waals surface area contributed by atoms with Gasteiger partial charge in [-0.15, -0.1) is 0 Å². The Morgan fingerprint density at radius 2 is 1.73 bits per heavy atom. The van der Waals surface area contributed by atoms with Crippen molar-refractivity contribution in [2.75, 3.05) is 0 Å². The molecule has 0 amide bonds. The van der Waals surface area contributed by atoms with Gasteiger partial charge in [0.2, 0.25) is 0 Å². The van der Waals surface area contributed by atoms with Gasteiger partial charge in [-0.3, -0.25) is 0 Å². The molecule has 0 aliphatic carbocycles. The number of hydrogen-bond acceptors (Lipinski definition) is 0. The molecule has 1 aromatic carbocycles. The quantitative estimate of drug-likeness (QED) is 0.602. The topological polar surface area (TPSA) is 0 Å². The second-order valence-corrected chi connectivity index (χ2v) is 3.22. The molecular weight excluding hydrogens is 132 g/mol. The minimum absolute atomic E-state index is 0.704. The van der Waals surface area contributed by atoms with Gasteiger partial charge >= 0.3 is 0 Å². The Hall–Kier alpha value is -0.780. The van der Waals surface area contributed by atoms with Gasteiger partial charge in [-0.25, -0.2) is 0 Å². The molecule has 0 aliphatic rings. The number of aryl methyl sites for hydroxylation is 1. The molecule has 0 aliphatic heterocycles. The zero-order chi connectivity index (χ0) is 8.27. The van der Waals surface area contributed by atoms with Crippen LogP contribution in [0, 0.1) is 6.92 Å². The lowest BCUT2D eigenvalue weighted by molar-refractivity contribution is 0.733. The molecule has 0 spiro atoms. The van der Waals surface area contributed by atoms with Crippen LogP contribution in [0.15, 0.2) is 24.3 Å². The van der Waals surface area contributed by atoms with Crippen LogP contribution in [-0.4, -0.2) is 0 Å². The van der Waals surface area contributed by atoms with Crippen molar-refractivity contribution >= 4 is 0 Å².